The number of rotatable bonds is 4. The Morgan fingerprint density at radius 2 is 2.09 bits per heavy atom. The van der Waals surface area contributed by atoms with Crippen LogP contribution in [0.5, 0.6) is 0 Å². The minimum atomic E-state index is 0.850. The molecular formula is C17H16N4S. The second-order valence-corrected chi connectivity index (χ2v) is 6.57. The van der Waals surface area contributed by atoms with Gasteiger partial charge < -0.3 is 10.3 Å². The summed E-state index contributed by atoms with van der Waals surface area (Å²) in [7, 11) is 0. The molecule has 0 bridgehead atoms. The summed E-state index contributed by atoms with van der Waals surface area (Å²) in [4.78, 5) is 14.3. The Labute approximate surface area is 132 Å². The van der Waals surface area contributed by atoms with E-state index in [-0.39, 0.29) is 0 Å². The van der Waals surface area contributed by atoms with Crippen molar-refractivity contribution < 1.29 is 0 Å². The molecule has 0 atom stereocenters. The van der Waals surface area contributed by atoms with Crippen LogP contribution in [0, 0.1) is 6.92 Å². The first-order chi connectivity index (χ1) is 10.8. The zero-order chi connectivity index (χ0) is 14.9. The molecule has 110 valence electrons. The van der Waals surface area contributed by atoms with Gasteiger partial charge in [-0.15, -0.1) is 11.3 Å². The molecule has 1 aromatic carbocycles. The van der Waals surface area contributed by atoms with Crippen molar-refractivity contribution in [3.8, 4) is 0 Å². The number of H-pyrrole nitrogens is 1. The number of nitrogens with one attached hydrogen (secondary N) is 2. The molecule has 0 aliphatic rings. The number of para-hydroxylation sites is 1. The highest BCUT2D eigenvalue weighted by Crippen LogP contribution is 2.27. The molecule has 0 aliphatic carbocycles. The number of hydrogen-bond donors (Lipinski definition) is 2. The fourth-order valence-corrected chi connectivity index (χ4v) is 3.62. The van der Waals surface area contributed by atoms with E-state index in [0.717, 1.165) is 29.0 Å². The Balaban J connectivity index is 1.52. The number of nitrogens with zero attached hydrogens (tertiary/aromatic N) is 2. The maximum absolute atomic E-state index is 4.38. The van der Waals surface area contributed by atoms with Gasteiger partial charge >= 0.3 is 0 Å². The average molecular weight is 308 g/mol. The fraction of sp³-hybridized carbons (Fsp3) is 0.176. The minimum absolute atomic E-state index is 0.850. The Kier molecular flexibility index (Phi) is 3.27. The minimum Gasteiger partial charge on any atom is -0.369 e. The number of anilines is 1. The highest BCUT2D eigenvalue weighted by Gasteiger charge is 2.07. The van der Waals surface area contributed by atoms with Crippen LogP contribution in [-0.2, 0) is 6.42 Å². The average Bonchev–Trinajstić information content (AvgIpc) is 3.11. The third-order valence-electron chi connectivity index (χ3n) is 3.81. The van der Waals surface area contributed by atoms with Crippen molar-refractivity contribution in [1.82, 2.24) is 15.0 Å². The van der Waals surface area contributed by atoms with Gasteiger partial charge in [0.25, 0.3) is 0 Å². The van der Waals surface area contributed by atoms with Crippen molar-refractivity contribution in [2.24, 2.45) is 0 Å². The molecule has 5 heteroatoms. The number of aryl methyl sites for hydroxylation is 1. The SMILES string of the molecule is Cc1cc2c(NCCc3c[nH]c4ccccc34)ncnc2s1. The highest BCUT2D eigenvalue weighted by atomic mass is 32.1. The summed E-state index contributed by atoms with van der Waals surface area (Å²) >= 11 is 1.70. The van der Waals surface area contributed by atoms with E-state index in [9.17, 15) is 0 Å². The molecule has 2 N–H and O–H groups in total. The Morgan fingerprint density at radius 3 is 3.05 bits per heavy atom. The van der Waals surface area contributed by atoms with Crippen LogP contribution >= 0.6 is 11.3 Å². The number of thiophene rings is 1. The topological polar surface area (TPSA) is 53.6 Å². The number of fused-ring (bicyclic) bond motifs is 2. The molecular weight excluding hydrogens is 292 g/mol. The summed E-state index contributed by atoms with van der Waals surface area (Å²) in [6, 6.07) is 10.5. The molecule has 4 nitrogen and oxygen atoms in total. The number of aromatic nitrogens is 3. The molecule has 0 aliphatic heterocycles. The van der Waals surface area contributed by atoms with Crippen molar-refractivity contribution in [2.45, 2.75) is 13.3 Å². The van der Waals surface area contributed by atoms with Gasteiger partial charge in [0.05, 0.1) is 5.39 Å². The smallest absolute Gasteiger partial charge is 0.138 e. The quantitative estimate of drug-likeness (QED) is 0.596. The lowest BCUT2D eigenvalue weighted by molar-refractivity contribution is 1.01. The molecule has 0 unspecified atom stereocenters. The maximum Gasteiger partial charge on any atom is 0.138 e. The lowest BCUT2D eigenvalue weighted by Gasteiger charge is -2.05. The largest absolute Gasteiger partial charge is 0.369 e. The summed E-state index contributed by atoms with van der Waals surface area (Å²) < 4.78 is 0. The van der Waals surface area contributed by atoms with Crippen LogP contribution in [0.2, 0.25) is 0 Å². The van der Waals surface area contributed by atoms with Crippen LogP contribution in [0.15, 0.2) is 42.9 Å². The summed E-state index contributed by atoms with van der Waals surface area (Å²) in [6.45, 7) is 2.95. The van der Waals surface area contributed by atoms with Crippen molar-refractivity contribution in [1.29, 1.82) is 0 Å². The molecule has 22 heavy (non-hydrogen) atoms. The molecule has 0 spiro atoms. The van der Waals surface area contributed by atoms with Crippen LogP contribution in [0.1, 0.15) is 10.4 Å². The van der Waals surface area contributed by atoms with Crippen molar-refractivity contribution in [3.63, 3.8) is 0 Å². The van der Waals surface area contributed by atoms with E-state index >= 15 is 0 Å². The molecule has 0 amide bonds. The lowest BCUT2D eigenvalue weighted by atomic mass is 10.1. The van der Waals surface area contributed by atoms with Gasteiger partial charge in [-0.2, -0.15) is 0 Å². The Bertz CT molecular complexity index is 938. The molecule has 4 aromatic rings. The normalized spacial score (nSPS) is 11.3. The third kappa shape index (κ3) is 2.33. The van der Waals surface area contributed by atoms with Crippen molar-refractivity contribution >= 4 is 38.3 Å². The second kappa shape index (κ2) is 5.42. The molecule has 3 aromatic heterocycles. The van der Waals surface area contributed by atoms with Crippen LogP contribution in [0.25, 0.3) is 21.1 Å². The fourth-order valence-electron chi connectivity index (χ4n) is 2.77. The third-order valence-corrected chi connectivity index (χ3v) is 4.77. The van der Waals surface area contributed by atoms with E-state index in [1.165, 1.54) is 21.3 Å². The van der Waals surface area contributed by atoms with Crippen molar-refractivity contribution in [2.75, 3.05) is 11.9 Å². The van der Waals surface area contributed by atoms with E-state index < -0.39 is 0 Å². The zero-order valence-corrected chi connectivity index (χ0v) is 13.1. The zero-order valence-electron chi connectivity index (χ0n) is 12.3. The van der Waals surface area contributed by atoms with Crippen LogP contribution in [0.3, 0.4) is 0 Å². The van der Waals surface area contributed by atoms with Gasteiger partial charge in [-0.05, 0) is 31.0 Å². The molecule has 0 radical (unpaired) electrons. The van der Waals surface area contributed by atoms with E-state index in [1.807, 2.05) is 0 Å². The lowest BCUT2D eigenvalue weighted by Crippen LogP contribution is -2.06. The standard InChI is InChI=1S/C17H16N4S/c1-11-8-14-16(20-10-21-17(14)22-11)18-7-6-12-9-19-15-5-3-2-4-13(12)15/h2-5,8-10,19H,6-7H2,1H3,(H,18,20,21). The van der Waals surface area contributed by atoms with Gasteiger partial charge in [-0.1, -0.05) is 18.2 Å². The van der Waals surface area contributed by atoms with Gasteiger partial charge in [0, 0.05) is 28.5 Å². The van der Waals surface area contributed by atoms with E-state index in [0.29, 0.717) is 0 Å². The number of aromatic amines is 1. The molecule has 3 heterocycles. The summed E-state index contributed by atoms with van der Waals surface area (Å²) in [5.41, 5.74) is 2.52. The molecule has 0 fully saturated rings. The van der Waals surface area contributed by atoms with Crippen LogP contribution in [-0.4, -0.2) is 21.5 Å². The molecule has 4 rings (SSSR count). The monoisotopic (exact) mass is 308 g/mol. The van der Waals surface area contributed by atoms with Crippen LogP contribution in [0.4, 0.5) is 5.82 Å². The van der Waals surface area contributed by atoms with Crippen LogP contribution < -0.4 is 5.32 Å². The van der Waals surface area contributed by atoms with Crippen molar-refractivity contribution in [3.05, 3.63) is 53.3 Å². The second-order valence-electron chi connectivity index (χ2n) is 5.33. The first kappa shape index (κ1) is 13.3. The number of hydrogen-bond acceptors (Lipinski definition) is 4. The predicted molar refractivity (Wildman–Crippen MR) is 92.6 cm³/mol. The van der Waals surface area contributed by atoms with E-state index in [2.05, 4.69) is 63.7 Å². The van der Waals surface area contributed by atoms with Gasteiger partial charge in [0.15, 0.2) is 0 Å². The van der Waals surface area contributed by atoms with Gasteiger partial charge in [0.1, 0.15) is 17.0 Å². The first-order valence-electron chi connectivity index (χ1n) is 7.31. The van der Waals surface area contributed by atoms with E-state index in [4.69, 9.17) is 0 Å². The molecule has 0 saturated heterocycles. The summed E-state index contributed by atoms with van der Waals surface area (Å²) in [6.07, 6.45) is 4.68. The van der Waals surface area contributed by atoms with Gasteiger partial charge in [-0.25, -0.2) is 9.97 Å². The highest BCUT2D eigenvalue weighted by molar-refractivity contribution is 7.18. The Hall–Kier alpha value is -2.40. The first-order valence-corrected chi connectivity index (χ1v) is 8.13. The maximum atomic E-state index is 4.38. The summed E-state index contributed by atoms with van der Waals surface area (Å²) in [5, 5.41) is 5.86. The number of benzene rings is 1. The Morgan fingerprint density at radius 1 is 1.18 bits per heavy atom. The van der Waals surface area contributed by atoms with Gasteiger partial charge in [-0.3, -0.25) is 0 Å². The van der Waals surface area contributed by atoms with E-state index in [1.54, 1.807) is 17.7 Å². The molecule has 0 saturated carbocycles. The summed E-state index contributed by atoms with van der Waals surface area (Å²) in [5.74, 6) is 0.925. The van der Waals surface area contributed by atoms with Gasteiger partial charge in [0.2, 0.25) is 0 Å². The predicted octanol–water partition coefficient (Wildman–Crippen LogP) is 4.14.